The third-order valence-electron chi connectivity index (χ3n) is 2.37. The van der Waals surface area contributed by atoms with Gasteiger partial charge in [0.15, 0.2) is 0 Å². The van der Waals surface area contributed by atoms with E-state index in [0.29, 0.717) is 5.75 Å². The average molecular weight is 217 g/mol. The fourth-order valence-electron chi connectivity index (χ4n) is 1.47. The topological polar surface area (TPSA) is 26.3 Å². The maximum absolute atomic E-state index is 10.9. The van der Waals surface area contributed by atoms with Crippen LogP contribution in [-0.2, 0) is 11.2 Å². The minimum Gasteiger partial charge on any atom is -0.427 e. The Morgan fingerprint density at radius 3 is 2.69 bits per heavy atom. The van der Waals surface area contributed by atoms with Gasteiger partial charge in [-0.15, -0.1) is 6.58 Å². The second-order valence-corrected chi connectivity index (χ2v) is 3.70. The van der Waals surface area contributed by atoms with Gasteiger partial charge in [-0.25, -0.2) is 0 Å². The van der Waals surface area contributed by atoms with Gasteiger partial charge < -0.3 is 4.74 Å². The minimum absolute atomic E-state index is 0.0146. The summed E-state index contributed by atoms with van der Waals surface area (Å²) in [6, 6.07) is 5.77. The molecule has 0 aliphatic rings. The van der Waals surface area contributed by atoms with Crippen LogP contribution < -0.4 is 4.74 Å². The van der Waals surface area contributed by atoms with Crippen molar-refractivity contribution in [1.29, 1.82) is 0 Å². The highest BCUT2D eigenvalue weighted by Gasteiger charge is 2.07. The lowest BCUT2D eigenvalue weighted by Gasteiger charge is -2.11. The number of hydrogen-bond acceptors (Lipinski definition) is 2. The van der Waals surface area contributed by atoms with Crippen molar-refractivity contribution in [2.75, 3.05) is 0 Å². The van der Waals surface area contributed by atoms with Crippen LogP contribution in [0.1, 0.15) is 30.9 Å². The zero-order valence-corrected chi connectivity index (χ0v) is 9.82. The fourth-order valence-corrected chi connectivity index (χ4v) is 1.47. The molecule has 1 unspecified atom stereocenters. The van der Waals surface area contributed by atoms with Gasteiger partial charge in [0.1, 0.15) is 5.75 Å². The third-order valence-corrected chi connectivity index (χ3v) is 2.37. The van der Waals surface area contributed by atoms with Crippen LogP contribution in [0.15, 0.2) is 30.9 Å². The van der Waals surface area contributed by atoms with Crippen molar-refractivity contribution in [2.24, 2.45) is 0 Å². The Balaban J connectivity index is 3.09. The van der Waals surface area contributed by atoms with Gasteiger partial charge in [0.05, 0.1) is 0 Å². The van der Waals surface area contributed by atoms with Crippen molar-refractivity contribution in [1.82, 2.24) is 0 Å². The van der Waals surface area contributed by atoms with Gasteiger partial charge in [-0.2, -0.15) is 0 Å². The molecule has 2 nitrogen and oxygen atoms in total. The molecule has 1 rings (SSSR count). The van der Waals surface area contributed by atoms with Crippen LogP contribution in [0, 0.1) is 6.92 Å². The average Bonchev–Trinajstić information content (AvgIpc) is 2.26. The van der Waals surface area contributed by atoms with Gasteiger partial charge in [0, 0.05) is 12.8 Å². The van der Waals surface area contributed by atoms with Crippen molar-refractivity contribution in [3.8, 4) is 5.75 Å². The quantitative estimate of drug-likeness (QED) is 0.439. The maximum Gasteiger partial charge on any atom is 0.308 e. The first-order chi connectivity index (χ1) is 7.56. The van der Waals surface area contributed by atoms with E-state index in [1.807, 2.05) is 12.1 Å². The highest BCUT2D eigenvalue weighted by Crippen LogP contribution is 2.24. The number of hydrogen-bond donors (Lipinski definition) is 0. The van der Waals surface area contributed by atoms with Crippen LogP contribution in [0.4, 0.5) is 0 Å². The second-order valence-electron chi connectivity index (χ2n) is 3.70. The molecule has 1 atom stereocenters. The van der Waals surface area contributed by atoms with Gasteiger partial charge in [-0.1, -0.05) is 19.1 Å². The van der Waals surface area contributed by atoms with Crippen molar-refractivity contribution in [2.45, 2.75) is 26.2 Å². The SMILES string of the molecule is [CH2]C(C=C)c1cc(CC)cc(OC(C)=O)c1. The predicted octanol–water partition coefficient (Wildman–Crippen LogP) is 3.28. The maximum atomic E-state index is 10.9. The molecule has 0 aliphatic carbocycles. The zero-order valence-electron chi connectivity index (χ0n) is 9.82. The molecule has 0 heterocycles. The molecule has 0 bridgehead atoms. The minimum atomic E-state index is -0.307. The molecule has 0 fully saturated rings. The first kappa shape index (κ1) is 12.5. The second kappa shape index (κ2) is 5.50. The first-order valence-corrected chi connectivity index (χ1v) is 5.34. The number of rotatable bonds is 4. The van der Waals surface area contributed by atoms with E-state index in [-0.39, 0.29) is 11.9 Å². The monoisotopic (exact) mass is 217 g/mol. The lowest BCUT2D eigenvalue weighted by Crippen LogP contribution is -2.03. The lowest BCUT2D eigenvalue weighted by molar-refractivity contribution is -0.131. The van der Waals surface area contributed by atoms with Gasteiger partial charge in [-0.3, -0.25) is 4.79 Å². The Kier molecular flexibility index (Phi) is 4.29. The van der Waals surface area contributed by atoms with Gasteiger partial charge in [0.25, 0.3) is 0 Å². The van der Waals surface area contributed by atoms with E-state index >= 15 is 0 Å². The van der Waals surface area contributed by atoms with Gasteiger partial charge in [0.2, 0.25) is 0 Å². The molecule has 2 heteroatoms. The number of carbonyl (C=O) groups is 1. The number of ether oxygens (including phenoxy) is 1. The van der Waals surface area contributed by atoms with E-state index in [2.05, 4.69) is 26.5 Å². The van der Waals surface area contributed by atoms with Crippen molar-refractivity contribution in [3.63, 3.8) is 0 Å². The number of allylic oxidation sites excluding steroid dienone is 1. The molecule has 1 aromatic rings. The van der Waals surface area contributed by atoms with Crippen molar-refractivity contribution >= 4 is 5.97 Å². The molecule has 0 spiro atoms. The fraction of sp³-hybridized carbons (Fsp3) is 0.286. The molecule has 1 aromatic carbocycles. The standard InChI is InChI=1S/C14H17O2/c1-5-10(3)13-7-12(6-2)8-14(9-13)16-11(4)15/h5,7-10H,1,3,6H2,2,4H3. The number of aryl methyl sites for hydroxylation is 1. The Morgan fingerprint density at radius 1 is 1.50 bits per heavy atom. The predicted molar refractivity (Wildman–Crippen MR) is 65.4 cm³/mol. The lowest BCUT2D eigenvalue weighted by atomic mass is 9.98. The van der Waals surface area contributed by atoms with Crippen LogP contribution >= 0.6 is 0 Å². The number of carbonyl (C=O) groups excluding carboxylic acids is 1. The summed E-state index contributed by atoms with van der Waals surface area (Å²) in [4.78, 5) is 10.9. The highest BCUT2D eigenvalue weighted by atomic mass is 16.5. The molecule has 0 aliphatic heterocycles. The first-order valence-electron chi connectivity index (χ1n) is 5.34. The van der Waals surface area contributed by atoms with Crippen LogP contribution in [0.3, 0.4) is 0 Å². The summed E-state index contributed by atoms with van der Waals surface area (Å²) in [5, 5.41) is 0. The molecule has 85 valence electrons. The molecule has 0 aromatic heterocycles. The number of esters is 1. The summed E-state index contributed by atoms with van der Waals surface area (Å²) in [7, 11) is 0. The summed E-state index contributed by atoms with van der Waals surface area (Å²) < 4.78 is 5.09. The molecule has 0 amide bonds. The Bertz CT molecular complexity index is 394. The van der Waals surface area contributed by atoms with Crippen LogP contribution in [-0.4, -0.2) is 5.97 Å². The number of benzene rings is 1. The van der Waals surface area contributed by atoms with E-state index in [1.165, 1.54) is 6.92 Å². The van der Waals surface area contributed by atoms with Crippen LogP contribution in [0.25, 0.3) is 0 Å². The summed E-state index contributed by atoms with van der Waals surface area (Å²) in [6.07, 6.45) is 2.66. The van der Waals surface area contributed by atoms with E-state index in [1.54, 1.807) is 6.08 Å². The summed E-state index contributed by atoms with van der Waals surface area (Å²) in [6.45, 7) is 11.1. The van der Waals surface area contributed by atoms with Crippen LogP contribution in [0.2, 0.25) is 0 Å². The Labute approximate surface area is 96.9 Å². The normalized spacial score (nSPS) is 11.9. The largest absolute Gasteiger partial charge is 0.427 e. The molecule has 16 heavy (non-hydrogen) atoms. The van der Waals surface area contributed by atoms with Gasteiger partial charge in [-0.05, 0) is 36.6 Å². The van der Waals surface area contributed by atoms with E-state index in [4.69, 9.17) is 4.74 Å². The Hall–Kier alpha value is -1.57. The van der Waals surface area contributed by atoms with Gasteiger partial charge >= 0.3 is 5.97 Å². The summed E-state index contributed by atoms with van der Waals surface area (Å²) >= 11 is 0. The van der Waals surface area contributed by atoms with Crippen molar-refractivity contribution < 1.29 is 9.53 Å². The Morgan fingerprint density at radius 2 is 2.19 bits per heavy atom. The zero-order chi connectivity index (χ0) is 12.1. The highest BCUT2D eigenvalue weighted by molar-refractivity contribution is 5.69. The molecule has 1 radical (unpaired) electrons. The molecular weight excluding hydrogens is 200 g/mol. The van der Waals surface area contributed by atoms with Crippen molar-refractivity contribution in [3.05, 3.63) is 48.9 Å². The van der Waals surface area contributed by atoms with E-state index in [0.717, 1.165) is 17.5 Å². The summed E-state index contributed by atoms with van der Waals surface area (Å²) in [5.74, 6) is 0.288. The molecule has 0 N–H and O–H groups in total. The molecular formula is C14H17O2. The van der Waals surface area contributed by atoms with E-state index in [9.17, 15) is 4.79 Å². The third kappa shape index (κ3) is 3.23. The smallest absolute Gasteiger partial charge is 0.308 e. The summed E-state index contributed by atoms with van der Waals surface area (Å²) in [5.41, 5.74) is 2.15. The molecule has 0 saturated carbocycles. The van der Waals surface area contributed by atoms with Crippen LogP contribution in [0.5, 0.6) is 5.75 Å². The van der Waals surface area contributed by atoms with E-state index < -0.39 is 0 Å². The molecule has 0 saturated heterocycles.